The van der Waals surface area contributed by atoms with E-state index in [4.69, 9.17) is 4.74 Å². The Bertz CT molecular complexity index is 128. The van der Waals surface area contributed by atoms with E-state index in [1.807, 2.05) is 0 Å². The van der Waals surface area contributed by atoms with E-state index in [1.165, 1.54) is 6.42 Å². The Hall–Kier alpha value is -0.370. The van der Waals surface area contributed by atoms with Crippen molar-refractivity contribution in [3.63, 3.8) is 0 Å². The van der Waals surface area contributed by atoms with Gasteiger partial charge in [-0.1, -0.05) is 13.3 Å². The lowest BCUT2D eigenvalue weighted by atomic mass is 9.76. The van der Waals surface area contributed by atoms with Gasteiger partial charge in [-0.05, 0) is 25.2 Å². The molecule has 0 bridgehead atoms. The molecule has 0 N–H and O–H groups in total. The van der Waals surface area contributed by atoms with Gasteiger partial charge in [0.1, 0.15) is 6.29 Å². The van der Waals surface area contributed by atoms with Gasteiger partial charge < -0.3 is 9.53 Å². The molecule has 0 heterocycles. The standard InChI is InChI=1S/C10H18O2/c1-2-3-4-12-8-10-5-9(6-10)7-11/h7,9-10H,2-6,8H2,1H3/t9-,10-. The molecular formula is C10H18O2. The van der Waals surface area contributed by atoms with E-state index < -0.39 is 0 Å². The van der Waals surface area contributed by atoms with Crippen LogP contribution in [-0.4, -0.2) is 19.5 Å². The molecule has 0 unspecified atom stereocenters. The van der Waals surface area contributed by atoms with Crippen LogP contribution in [0, 0.1) is 11.8 Å². The molecule has 0 aromatic heterocycles. The van der Waals surface area contributed by atoms with Crippen LogP contribution in [0.15, 0.2) is 0 Å². The Labute approximate surface area is 74.3 Å². The van der Waals surface area contributed by atoms with Gasteiger partial charge in [0.05, 0.1) is 0 Å². The summed E-state index contributed by atoms with van der Waals surface area (Å²) < 4.78 is 5.45. The Morgan fingerprint density at radius 1 is 1.50 bits per heavy atom. The smallest absolute Gasteiger partial charge is 0.123 e. The number of ether oxygens (including phenoxy) is 1. The van der Waals surface area contributed by atoms with E-state index in [1.54, 1.807) is 0 Å². The molecule has 0 atom stereocenters. The van der Waals surface area contributed by atoms with Crippen LogP contribution in [0.1, 0.15) is 32.6 Å². The van der Waals surface area contributed by atoms with Crippen LogP contribution in [0.2, 0.25) is 0 Å². The summed E-state index contributed by atoms with van der Waals surface area (Å²) in [5.74, 6) is 1.00. The highest BCUT2D eigenvalue weighted by atomic mass is 16.5. The zero-order valence-electron chi connectivity index (χ0n) is 7.79. The summed E-state index contributed by atoms with van der Waals surface area (Å²) in [4.78, 5) is 10.3. The second kappa shape index (κ2) is 5.31. The molecule has 0 aliphatic heterocycles. The summed E-state index contributed by atoms with van der Waals surface area (Å²) in [7, 11) is 0. The minimum atomic E-state index is 0.338. The Balaban J connectivity index is 1.86. The van der Waals surface area contributed by atoms with Crippen molar-refractivity contribution in [2.24, 2.45) is 11.8 Å². The van der Waals surface area contributed by atoms with Crippen LogP contribution in [0.5, 0.6) is 0 Å². The van der Waals surface area contributed by atoms with Gasteiger partial charge >= 0.3 is 0 Å². The number of aldehydes is 1. The molecule has 0 radical (unpaired) electrons. The van der Waals surface area contributed by atoms with Gasteiger partial charge in [0.25, 0.3) is 0 Å². The quantitative estimate of drug-likeness (QED) is 0.450. The van der Waals surface area contributed by atoms with E-state index in [-0.39, 0.29) is 0 Å². The van der Waals surface area contributed by atoms with Crippen molar-refractivity contribution in [1.82, 2.24) is 0 Å². The third-order valence-electron chi connectivity index (χ3n) is 2.46. The topological polar surface area (TPSA) is 26.3 Å². The predicted molar refractivity (Wildman–Crippen MR) is 48.0 cm³/mol. The molecule has 2 heteroatoms. The van der Waals surface area contributed by atoms with E-state index in [0.717, 1.165) is 38.8 Å². The maximum Gasteiger partial charge on any atom is 0.123 e. The van der Waals surface area contributed by atoms with Crippen LogP contribution in [-0.2, 0) is 9.53 Å². The summed E-state index contributed by atoms with van der Waals surface area (Å²) in [6.45, 7) is 3.91. The number of rotatable bonds is 6. The van der Waals surface area contributed by atoms with Crippen LogP contribution in [0.4, 0.5) is 0 Å². The highest BCUT2D eigenvalue weighted by Gasteiger charge is 2.28. The third-order valence-corrected chi connectivity index (χ3v) is 2.46. The summed E-state index contributed by atoms with van der Waals surface area (Å²) in [6.07, 6.45) is 5.53. The lowest BCUT2D eigenvalue weighted by Gasteiger charge is -2.31. The molecule has 70 valence electrons. The lowest BCUT2D eigenvalue weighted by molar-refractivity contribution is -0.115. The molecule has 0 aromatic carbocycles. The van der Waals surface area contributed by atoms with Gasteiger partial charge in [-0.3, -0.25) is 0 Å². The fourth-order valence-corrected chi connectivity index (χ4v) is 1.53. The minimum Gasteiger partial charge on any atom is -0.381 e. The van der Waals surface area contributed by atoms with E-state index in [2.05, 4.69) is 6.92 Å². The van der Waals surface area contributed by atoms with Gasteiger partial charge in [-0.15, -0.1) is 0 Å². The molecule has 2 nitrogen and oxygen atoms in total. The second-order valence-corrected chi connectivity index (χ2v) is 3.66. The van der Waals surface area contributed by atoms with E-state index in [0.29, 0.717) is 11.8 Å². The second-order valence-electron chi connectivity index (χ2n) is 3.66. The molecule has 0 spiro atoms. The summed E-state index contributed by atoms with van der Waals surface area (Å²) in [6, 6.07) is 0. The Kier molecular flexibility index (Phi) is 4.30. The summed E-state index contributed by atoms with van der Waals surface area (Å²) >= 11 is 0. The molecule has 0 amide bonds. The monoisotopic (exact) mass is 170 g/mol. The number of unbranched alkanes of at least 4 members (excludes halogenated alkanes) is 1. The van der Waals surface area contributed by atoms with E-state index >= 15 is 0 Å². The third kappa shape index (κ3) is 2.94. The predicted octanol–water partition coefficient (Wildman–Crippen LogP) is 2.03. The largest absolute Gasteiger partial charge is 0.381 e. The van der Waals surface area contributed by atoms with Crippen molar-refractivity contribution in [2.75, 3.05) is 13.2 Å². The van der Waals surface area contributed by atoms with Gasteiger partial charge in [0.15, 0.2) is 0 Å². The highest BCUT2D eigenvalue weighted by Crippen LogP contribution is 2.31. The average Bonchev–Trinajstić information content (AvgIpc) is 2.01. The number of carbonyl (C=O) groups excluding carboxylic acids is 1. The first-order chi connectivity index (χ1) is 5.86. The Morgan fingerprint density at radius 2 is 2.25 bits per heavy atom. The highest BCUT2D eigenvalue weighted by molar-refractivity contribution is 5.54. The SMILES string of the molecule is CCCCOC[C@H]1C[C@H](C=O)C1. The fraction of sp³-hybridized carbons (Fsp3) is 0.900. The maximum atomic E-state index is 10.3. The van der Waals surface area contributed by atoms with Crippen LogP contribution < -0.4 is 0 Å². The minimum absolute atomic E-state index is 0.338. The number of carbonyl (C=O) groups is 1. The molecular weight excluding hydrogens is 152 g/mol. The molecule has 12 heavy (non-hydrogen) atoms. The fourth-order valence-electron chi connectivity index (χ4n) is 1.53. The zero-order chi connectivity index (χ0) is 8.81. The average molecular weight is 170 g/mol. The van der Waals surface area contributed by atoms with Crippen LogP contribution >= 0.6 is 0 Å². The molecule has 0 aromatic rings. The lowest BCUT2D eigenvalue weighted by Crippen LogP contribution is -2.28. The summed E-state index contributed by atoms with van der Waals surface area (Å²) in [5, 5.41) is 0. The molecule has 1 saturated carbocycles. The zero-order valence-corrected chi connectivity index (χ0v) is 7.79. The Morgan fingerprint density at radius 3 is 2.83 bits per heavy atom. The molecule has 1 fully saturated rings. The molecule has 0 saturated heterocycles. The van der Waals surface area contributed by atoms with Crippen LogP contribution in [0.25, 0.3) is 0 Å². The first-order valence-electron chi connectivity index (χ1n) is 4.89. The van der Waals surface area contributed by atoms with Crippen molar-refractivity contribution in [2.45, 2.75) is 32.6 Å². The normalized spacial score (nSPS) is 28.1. The number of hydrogen-bond acceptors (Lipinski definition) is 2. The molecule has 1 rings (SSSR count). The first kappa shape index (κ1) is 9.72. The van der Waals surface area contributed by atoms with Crippen molar-refractivity contribution in [3.8, 4) is 0 Å². The van der Waals surface area contributed by atoms with Crippen molar-refractivity contribution in [3.05, 3.63) is 0 Å². The molecule has 1 aliphatic rings. The van der Waals surface area contributed by atoms with Crippen LogP contribution in [0.3, 0.4) is 0 Å². The first-order valence-corrected chi connectivity index (χ1v) is 4.89. The molecule has 1 aliphatic carbocycles. The summed E-state index contributed by atoms with van der Waals surface area (Å²) in [5.41, 5.74) is 0. The van der Waals surface area contributed by atoms with E-state index in [9.17, 15) is 4.79 Å². The van der Waals surface area contributed by atoms with Gasteiger partial charge in [-0.25, -0.2) is 0 Å². The van der Waals surface area contributed by atoms with Crippen molar-refractivity contribution < 1.29 is 9.53 Å². The van der Waals surface area contributed by atoms with Gasteiger partial charge in [0, 0.05) is 19.1 Å². The van der Waals surface area contributed by atoms with Gasteiger partial charge in [-0.2, -0.15) is 0 Å². The number of hydrogen-bond donors (Lipinski definition) is 0. The maximum absolute atomic E-state index is 10.3. The van der Waals surface area contributed by atoms with Gasteiger partial charge in [0.2, 0.25) is 0 Å². The van der Waals surface area contributed by atoms with Crippen molar-refractivity contribution >= 4 is 6.29 Å². The van der Waals surface area contributed by atoms with Crippen molar-refractivity contribution in [1.29, 1.82) is 0 Å².